The molecule has 2 amide bonds. The maximum atomic E-state index is 11.7. The van der Waals surface area contributed by atoms with Crippen LogP contribution >= 0.6 is 0 Å². The Labute approximate surface area is 110 Å². The van der Waals surface area contributed by atoms with Gasteiger partial charge in [0.25, 0.3) is 5.91 Å². The van der Waals surface area contributed by atoms with Gasteiger partial charge in [0.05, 0.1) is 12.1 Å². The average molecular weight is 264 g/mol. The number of ether oxygens (including phenoxy) is 1. The van der Waals surface area contributed by atoms with E-state index in [1.165, 1.54) is 0 Å². The van der Waals surface area contributed by atoms with E-state index in [4.69, 9.17) is 10.5 Å². The predicted octanol–water partition coefficient (Wildman–Crippen LogP) is 0.0617. The summed E-state index contributed by atoms with van der Waals surface area (Å²) in [5.74, 6) is -1.81. The molecule has 19 heavy (non-hydrogen) atoms. The Bertz CT molecular complexity index is 491. The highest BCUT2D eigenvalue weighted by Gasteiger charge is 2.11. The number of carbonyl (C=O) groups is 3. The van der Waals surface area contributed by atoms with Gasteiger partial charge in [0.1, 0.15) is 0 Å². The number of rotatable bonds is 5. The zero-order valence-electron chi connectivity index (χ0n) is 10.9. The topological polar surface area (TPSA) is 98.5 Å². The van der Waals surface area contributed by atoms with Crippen molar-refractivity contribution in [2.24, 2.45) is 5.73 Å². The maximum Gasteiger partial charge on any atom is 0.338 e. The van der Waals surface area contributed by atoms with E-state index in [1.54, 1.807) is 12.1 Å². The second-order valence-corrected chi connectivity index (χ2v) is 4.20. The van der Waals surface area contributed by atoms with Crippen LogP contribution in [0.15, 0.2) is 18.2 Å². The van der Waals surface area contributed by atoms with E-state index >= 15 is 0 Å². The standard InChI is InChI=1S/C13H16N2O4/c1-8-3-9(2)5-10(4-8)13(18)19-7-12(17)15-6-11(14)16/h3-5H,6-7H2,1-2H3,(H2,14,16)(H,15,17). The quantitative estimate of drug-likeness (QED) is 0.735. The van der Waals surface area contributed by atoms with Gasteiger partial charge in [-0.15, -0.1) is 0 Å². The molecule has 0 unspecified atom stereocenters. The van der Waals surface area contributed by atoms with Gasteiger partial charge >= 0.3 is 5.97 Å². The lowest BCUT2D eigenvalue weighted by atomic mass is 10.1. The molecule has 0 radical (unpaired) electrons. The fourth-order valence-electron chi connectivity index (χ4n) is 1.54. The molecule has 0 aliphatic rings. The largest absolute Gasteiger partial charge is 0.452 e. The van der Waals surface area contributed by atoms with E-state index in [0.717, 1.165) is 11.1 Å². The number of amides is 2. The maximum absolute atomic E-state index is 11.7. The van der Waals surface area contributed by atoms with Gasteiger partial charge in [0.15, 0.2) is 6.61 Å². The Hall–Kier alpha value is -2.37. The van der Waals surface area contributed by atoms with Crippen LogP contribution in [0.2, 0.25) is 0 Å². The molecule has 0 aliphatic carbocycles. The smallest absolute Gasteiger partial charge is 0.338 e. The molecule has 3 N–H and O–H groups in total. The Morgan fingerprint density at radius 2 is 1.74 bits per heavy atom. The molecule has 0 atom stereocenters. The normalized spacial score (nSPS) is 9.79. The molecular weight excluding hydrogens is 248 g/mol. The second-order valence-electron chi connectivity index (χ2n) is 4.20. The van der Waals surface area contributed by atoms with Crippen molar-refractivity contribution < 1.29 is 19.1 Å². The number of nitrogens with one attached hydrogen (secondary N) is 1. The van der Waals surface area contributed by atoms with E-state index in [1.807, 2.05) is 19.9 Å². The van der Waals surface area contributed by atoms with Crippen molar-refractivity contribution >= 4 is 17.8 Å². The molecule has 0 heterocycles. The summed E-state index contributed by atoms with van der Waals surface area (Å²) in [6.45, 7) is 3.01. The van der Waals surface area contributed by atoms with E-state index < -0.39 is 24.4 Å². The number of primary amides is 1. The lowest BCUT2D eigenvalue weighted by Crippen LogP contribution is -2.35. The number of esters is 1. The molecule has 0 spiro atoms. The van der Waals surface area contributed by atoms with Gasteiger partial charge in [-0.05, 0) is 26.0 Å². The minimum atomic E-state index is -0.658. The Morgan fingerprint density at radius 1 is 1.16 bits per heavy atom. The first-order valence-corrected chi connectivity index (χ1v) is 5.69. The van der Waals surface area contributed by atoms with E-state index in [2.05, 4.69) is 5.32 Å². The molecule has 1 rings (SSSR count). The van der Waals surface area contributed by atoms with E-state index in [9.17, 15) is 14.4 Å². The van der Waals surface area contributed by atoms with Crippen LogP contribution < -0.4 is 11.1 Å². The Balaban J connectivity index is 2.51. The summed E-state index contributed by atoms with van der Waals surface area (Å²) >= 11 is 0. The average Bonchev–Trinajstić information content (AvgIpc) is 2.32. The predicted molar refractivity (Wildman–Crippen MR) is 68.4 cm³/mol. The third-order valence-electron chi connectivity index (χ3n) is 2.25. The van der Waals surface area contributed by atoms with Gasteiger partial charge in [-0.3, -0.25) is 9.59 Å². The number of hydrogen-bond acceptors (Lipinski definition) is 4. The minimum Gasteiger partial charge on any atom is -0.452 e. The highest BCUT2D eigenvalue weighted by Crippen LogP contribution is 2.09. The van der Waals surface area contributed by atoms with Crippen LogP contribution in [0.25, 0.3) is 0 Å². The first-order chi connectivity index (χ1) is 8.88. The molecule has 102 valence electrons. The fraction of sp³-hybridized carbons (Fsp3) is 0.308. The summed E-state index contributed by atoms with van der Waals surface area (Å²) in [5, 5.41) is 2.22. The molecule has 0 saturated heterocycles. The zero-order chi connectivity index (χ0) is 14.4. The number of nitrogens with two attached hydrogens (primary N) is 1. The van der Waals surface area contributed by atoms with Crippen molar-refractivity contribution in [3.63, 3.8) is 0 Å². The van der Waals surface area contributed by atoms with Crippen molar-refractivity contribution in [2.45, 2.75) is 13.8 Å². The summed E-state index contributed by atoms with van der Waals surface area (Å²) in [6.07, 6.45) is 0. The highest BCUT2D eigenvalue weighted by atomic mass is 16.5. The van der Waals surface area contributed by atoms with Crippen LogP contribution in [0.4, 0.5) is 0 Å². The van der Waals surface area contributed by atoms with Crippen LogP contribution in [-0.2, 0) is 14.3 Å². The molecule has 1 aromatic rings. The fourth-order valence-corrected chi connectivity index (χ4v) is 1.54. The van der Waals surface area contributed by atoms with Crippen LogP contribution in [0.3, 0.4) is 0 Å². The van der Waals surface area contributed by atoms with Crippen molar-refractivity contribution in [2.75, 3.05) is 13.2 Å². The van der Waals surface area contributed by atoms with Gasteiger partial charge in [-0.1, -0.05) is 17.2 Å². The van der Waals surface area contributed by atoms with Gasteiger partial charge in [-0.25, -0.2) is 4.79 Å². The zero-order valence-corrected chi connectivity index (χ0v) is 10.9. The molecular formula is C13H16N2O4. The summed E-state index contributed by atoms with van der Waals surface area (Å²) < 4.78 is 4.83. The van der Waals surface area contributed by atoms with Crippen molar-refractivity contribution in [1.82, 2.24) is 5.32 Å². The van der Waals surface area contributed by atoms with Crippen LogP contribution in [0.1, 0.15) is 21.5 Å². The lowest BCUT2D eigenvalue weighted by molar-refractivity contribution is -0.127. The van der Waals surface area contributed by atoms with Crippen LogP contribution in [-0.4, -0.2) is 30.9 Å². The van der Waals surface area contributed by atoms with Crippen LogP contribution in [0.5, 0.6) is 0 Å². The van der Waals surface area contributed by atoms with Gasteiger partial charge in [0.2, 0.25) is 5.91 Å². The van der Waals surface area contributed by atoms with Gasteiger partial charge in [0, 0.05) is 0 Å². The second kappa shape index (κ2) is 6.53. The molecule has 0 aliphatic heterocycles. The highest BCUT2D eigenvalue weighted by molar-refractivity contribution is 5.92. The summed E-state index contributed by atoms with van der Waals surface area (Å²) in [5.41, 5.74) is 7.12. The van der Waals surface area contributed by atoms with Crippen molar-refractivity contribution in [3.8, 4) is 0 Å². The third kappa shape index (κ3) is 5.20. The SMILES string of the molecule is Cc1cc(C)cc(C(=O)OCC(=O)NCC(N)=O)c1. The van der Waals surface area contributed by atoms with Crippen molar-refractivity contribution in [1.29, 1.82) is 0 Å². The molecule has 0 bridgehead atoms. The Morgan fingerprint density at radius 3 is 2.26 bits per heavy atom. The van der Waals surface area contributed by atoms with Crippen LogP contribution in [0, 0.1) is 13.8 Å². The molecule has 0 aromatic heterocycles. The number of hydrogen-bond donors (Lipinski definition) is 2. The van der Waals surface area contributed by atoms with E-state index in [0.29, 0.717) is 5.56 Å². The summed E-state index contributed by atoms with van der Waals surface area (Å²) in [4.78, 5) is 33.4. The van der Waals surface area contributed by atoms with Crippen molar-refractivity contribution in [3.05, 3.63) is 34.9 Å². The molecule has 0 fully saturated rings. The minimum absolute atomic E-state index is 0.278. The first kappa shape index (κ1) is 14.7. The van der Waals surface area contributed by atoms with Gasteiger partial charge < -0.3 is 15.8 Å². The molecule has 0 saturated carbocycles. The lowest BCUT2D eigenvalue weighted by Gasteiger charge is -2.06. The van der Waals surface area contributed by atoms with E-state index in [-0.39, 0.29) is 6.54 Å². The third-order valence-corrected chi connectivity index (χ3v) is 2.25. The number of benzene rings is 1. The first-order valence-electron chi connectivity index (χ1n) is 5.69. The number of carbonyl (C=O) groups excluding carboxylic acids is 3. The molecule has 6 heteroatoms. The monoisotopic (exact) mass is 264 g/mol. The molecule has 1 aromatic carbocycles. The van der Waals surface area contributed by atoms with Gasteiger partial charge in [-0.2, -0.15) is 0 Å². The number of aryl methyl sites for hydroxylation is 2. The summed E-state index contributed by atoms with van der Waals surface area (Å²) in [6, 6.07) is 5.28. The summed E-state index contributed by atoms with van der Waals surface area (Å²) in [7, 11) is 0. The Kier molecular flexibility index (Phi) is 5.05. The molecule has 6 nitrogen and oxygen atoms in total.